The Morgan fingerprint density at radius 3 is 3.12 bits per heavy atom. The van der Waals surface area contributed by atoms with Crippen LogP contribution in [0.25, 0.3) is 0 Å². The number of nitrogens with one attached hydrogen (secondary N) is 1. The predicted molar refractivity (Wildman–Crippen MR) is 93.2 cm³/mol. The largest absolute Gasteiger partial charge is 0.487 e. The smallest absolute Gasteiger partial charge is 0.251 e. The highest BCUT2D eigenvalue weighted by Crippen LogP contribution is 2.23. The first kappa shape index (κ1) is 16.9. The number of rotatable bonds is 6. The van der Waals surface area contributed by atoms with Gasteiger partial charge in [0.25, 0.3) is 5.91 Å². The SMILES string of the molecule is O=C(NCC1CCCC(O)C1)c1cccc(OCc2cscn2)c1. The summed E-state index contributed by atoms with van der Waals surface area (Å²) in [5, 5.41) is 14.6. The van der Waals surface area contributed by atoms with E-state index in [0.29, 0.717) is 30.4 Å². The van der Waals surface area contributed by atoms with Gasteiger partial charge in [-0.1, -0.05) is 12.5 Å². The summed E-state index contributed by atoms with van der Waals surface area (Å²) in [5.41, 5.74) is 3.23. The number of amides is 1. The number of aliphatic hydroxyl groups excluding tert-OH is 1. The van der Waals surface area contributed by atoms with Gasteiger partial charge in [0.05, 0.1) is 17.3 Å². The van der Waals surface area contributed by atoms with Crippen LogP contribution in [0, 0.1) is 5.92 Å². The summed E-state index contributed by atoms with van der Waals surface area (Å²) in [6, 6.07) is 7.18. The minimum Gasteiger partial charge on any atom is -0.487 e. The molecular formula is C18H22N2O3S. The van der Waals surface area contributed by atoms with E-state index in [1.807, 2.05) is 17.5 Å². The van der Waals surface area contributed by atoms with Crippen molar-refractivity contribution in [2.24, 2.45) is 5.92 Å². The molecule has 1 aliphatic carbocycles. The molecule has 6 heteroatoms. The average molecular weight is 346 g/mol. The number of carbonyl (C=O) groups excluding carboxylic acids is 1. The van der Waals surface area contributed by atoms with E-state index in [0.717, 1.165) is 31.4 Å². The van der Waals surface area contributed by atoms with E-state index in [1.165, 1.54) is 11.3 Å². The number of carbonyl (C=O) groups is 1. The molecule has 0 saturated heterocycles. The van der Waals surface area contributed by atoms with Crippen molar-refractivity contribution in [3.63, 3.8) is 0 Å². The number of nitrogens with zero attached hydrogens (tertiary/aromatic N) is 1. The van der Waals surface area contributed by atoms with Crippen LogP contribution in [0.5, 0.6) is 5.75 Å². The summed E-state index contributed by atoms with van der Waals surface area (Å²) in [4.78, 5) is 16.5. The zero-order valence-corrected chi connectivity index (χ0v) is 14.3. The normalized spacial score (nSPS) is 20.5. The predicted octanol–water partition coefficient (Wildman–Crippen LogP) is 3.00. The molecule has 0 bridgehead atoms. The Balaban J connectivity index is 1.51. The molecule has 1 aromatic heterocycles. The van der Waals surface area contributed by atoms with E-state index in [9.17, 15) is 9.90 Å². The van der Waals surface area contributed by atoms with Gasteiger partial charge in [-0.3, -0.25) is 4.79 Å². The molecule has 1 aliphatic rings. The second kappa shape index (κ2) is 8.26. The maximum Gasteiger partial charge on any atom is 0.251 e. The van der Waals surface area contributed by atoms with Crippen LogP contribution in [0.3, 0.4) is 0 Å². The molecule has 0 spiro atoms. The van der Waals surface area contributed by atoms with Gasteiger partial charge in [-0.05, 0) is 43.4 Å². The molecule has 3 rings (SSSR count). The Kier molecular flexibility index (Phi) is 5.82. The standard InChI is InChI=1S/C18H22N2O3S/c21-16-5-1-3-13(7-16)9-19-18(22)14-4-2-6-17(8-14)23-10-15-11-24-12-20-15/h2,4,6,8,11-13,16,21H,1,3,5,7,9-10H2,(H,19,22). The molecule has 2 atom stereocenters. The van der Waals surface area contributed by atoms with Crippen molar-refractivity contribution in [3.8, 4) is 5.75 Å². The molecule has 1 saturated carbocycles. The number of thiazole rings is 1. The molecule has 0 aliphatic heterocycles. The third-order valence-electron chi connectivity index (χ3n) is 4.27. The van der Waals surface area contributed by atoms with Crippen molar-refractivity contribution in [2.75, 3.05) is 6.54 Å². The average Bonchev–Trinajstić information content (AvgIpc) is 3.12. The van der Waals surface area contributed by atoms with Crippen LogP contribution < -0.4 is 10.1 Å². The summed E-state index contributed by atoms with van der Waals surface area (Å²) in [6.07, 6.45) is 3.53. The lowest BCUT2D eigenvalue weighted by atomic mass is 9.87. The topological polar surface area (TPSA) is 71.5 Å². The summed E-state index contributed by atoms with van der Waals surface area (Å²) in [7, 11) is 0. The molecule has 24 heavy (non-hydrogen) atoms. The minimum atomic E-state index is -0.219. The van der Waals surface area contributed by atoms with Gasteiger partial charge in [0.1, 0.15) is 12.4 Å². The van der Waals surface area contributed by atoms with Crippen molar-refractivity contribution >= 4 is 17.2 Å². The maximum atomic E-state index is 12.3. The Morgan fingerprint density at radius 1 is 1.42 bits per heavy atom. The summed E-state index contributed by atoms with van der Waals surface area (Å²) < 4.78 is 5.68. The monoisotopic (exact) mass is 346 g/mol. The van der Waals surface area contributed by atoms with Crippen LogP contribution in [0.4, 0.5) is 0 Å². The zero-order chi connectivity index (χ0) is 16.8. The summed E-state index contributed by atoms with van der Waals surface area (Å²) >= 11 is 1.53. The second-order valence-corrected chi connectivity index (χ2v) is 6.91. The van der Waals surface area contributed by atoms with E-state index >= 15 is 0 Å². The third-order valence-corrected chi connectivity index (χ3v) is 4.91. The molecule has 1 fully saturated rings. The quantitative estimate of drug-likeness (QED) is 0.843. The van der Waals surface area contributed by atoms with E-state index in [2.05, 4.69) is 10.3 Å². The van der Waals surface area contributed by atoms with Gasteiger partial charge in [0.15, 0.2) is 0 Å². The van der Waals surface area contributed by atoms with Crippen molar-refractivity contribution in [2.45, 2.75) is 38.4 Å². The van der Waals surface area contributed by atoms with Crippen LogP contribution in [0.15, 0.2) is 35.2 Å². The number of aliphatic hydroxyl groups is 1. The lowest BCUT2D eigenvalue weighted by molar-refractivity contribution is 0.0873. The molecule has 5 nitrogen and oxygen atoms in total. The van der Waals surface area contributed by atoms with Crippen LogP contribution in [-0.2, 0) is 6.61 Å². The first-order valence-electron chi connectivity index (χ1n) is 8.27. The lowest BCUT2D eigenvalue weighted by Gasteiger charge is -2.25. The molecule has 128 valence electrons. The number of benzene rings is 1. The van der Waals surface area contributed by atoms with Crippen LogP contribution in [0.2, 0.25) is 0 Å². The number of ether oxygens (including phenoxy) is 1. The molecule has 1 heterocycles. The molecule has 2 aromatic rings. The van der Waals surface area contributed by atoms with Crippen molar-refractivity contribution in [3.05, 3.63) is 46.4 Å². The first-order chi connectivity index (χ1) is 11.7. The van der Waals surface area contributed by atoms with Gasteiger partial charge in [0, 0.05) is 17.5 Å². The molecule has 2 unspecified atom stereocenters. The lowest BCUT2D eigenvalue weighted by Crippen LogP contribution is -2.32. The van der Waals surface area contributed by atoms with Gasteiger partial charge in [-0.2, -0.15) is 0 Å². The Labute approximate surface area is 145 Å². The summed E-state index contributed by atoms with van der Waals surface area (Å²) in [5.74, 6) is 0.916. The van der Waals surface area contributed by atoms with E-state index in [1.54, 1.807) is 17.6 Å². The fraction of sp³-hybridized carbons (Fsp3) is 0.444. The molecule has 2 N–H and O–H groups in total. The van der Waals surface area contributed by atoms with Gasteiger partial charge < -0.3 is 15.2 Å². The van der Waals surface area contributed by atoms with E-state index < -0.39 is 0 Å². The third kappa shape index (κ3) is 4.79. The summed E-state index contributed by atoms with van der Waals surface area (Å²) in [6.45, 7) is 1.01. The molecule has 0 radical (unpaired) electrons. The van der Waals surface area contributed by atoms with Gasteiger partial charge in [-0.25, -0.2) is 4.98 Å². The highest BCUT2D eigenvalue weighted by atomic mass is 32.1. The number of hydrogen-bond donors (Lipinski definition) is 2. The number of aromatic nitrogens is 1. The minimum absolute atomic E-state index is 0.103. The fourth-order valence-electron chi connectivity index (χ4n) is 2.98. The Morgan fingerprint density at radius 2 is 2.33 bits per heavy atom. The van der Waals surface area contributed by atoms with Crippen molar-refractivity contribution < 1.29 is 14.6 Å². The van der Waals surface area contributed by atoms with Gasteiger partial charge in [-0.15, -0.1) is 11.3 Å². The van der Waals surface area contributed by atoms with Crippen LogP contribution in [-0.4, -0.2) is 28.6 Å². The zero-order valence-electron chi connectivity index (χ0n) is 13.5. The van der Waals surface area contributed by atoms with Crippen LogP contribution >= 0.6 is 11.3 Å². The Hall–Kier alpha value is -1.92. The van der Waals surface area contributed by atoms with E-state index in [4.69, 9.17) is 4.74 Å². The van der Waals surface area contributed by atoms with Crippen LogP contribution in [0.1, 0.15) is 41.7 Å². The van der Waals surface area contributed by atoms with Gasteiger partial charge in [0.2, 0.25) is 0 Å². The molecule has 1 amide bonds. The van der Waals surface area contributed by atoms with Crippen molar-refractivity contribution in [1.29, 1.82) is 0 Å². The first-order valence-corrected chi connectivity index (χ1v) is 9.21. The second-order valence-electron chi connectivity index (χ2n) is 6.19. The highest BCUT2D eigenvalue weighted by molar-refractivity contribution is 7.07. The highest BCUT2D eigenvalue weighted by Gasteiger charge is 2.20. The van der Waals surface area contributed by atoms with E-state index in [-0.39, 0.29) is 12.0 Å². The number of hydrogen-bond acceptors (Lipinski definition) is 5. The van der Waals surface area contributed by atoms with Crippen molar-refractivity contribution in [1.82, 2.24) is 10.3 Å². The maximum absolute atomic E-state index is 12.3. The molecular weight excluding hydrogens is 324 g/mol. The van der Waals surface area contributed by atoms with Gasteiger partial charge >= 0.3 is 0 Å². The molecule has 1 aromatic carbocycles. The Bertz CT molecular complexity index is 660. The fourth-order valence-corrected chi connectivity index (χ4v) is 3.52.